The van der Waals surface area contributed by atoms with Crippen molar-refractivity contribution in [2.24, 2.45) is 0 Å². The van der Waals surface area contributed by atoms with E-state index in [2.05, 4.69) is 34.5 Å². The molecule has 3 heterocycles. The lowest BCUT2D eigenvalue weighted by atomic mass is 9.89. The quantitative estimate of drug-likeness (QED) is 0.896. The van der Waals surface area contributed by atoms with E-state index in [0.29, 0.717) is 23.8 Å². The first kappa shape index (κ1) is 11.2. The van der Waals surface area contributed by atoms with E-state index < -0.39 is 0 Å². The maximum absolute atomic E-state index is 5.48. The lowest BCUT2D eigenvalue weighted by Gasteiger charge is -2.15. The highest BCUT2D eigenvalue weighted by molar-refractivity contribution is 5.54. The van der Waals surface area contributed by atoms with E-state index in [1.807, 2.05) is 12.1 Å². The van der Waals surface area contributed by atoms with Gasteiger partial charge in [0.2, 0.25) is 11.7 Å². The summed E-state index contributed by atoms with van der Waals surface area (Å²) < 4.78 is 5.48. The number of hydrogen-bond donors (Lipinski definition) is 1. The lowest BCUT2D eigenvalue weighted by Crippen LogP contribution is -2.21. The van der Waals surface area contributed by atoms with Gasteiger partial charge in [0.1, 0.15) is 0 Å². The summed E-state index contributed by atoms with van der Waals surface area (Å²) in [6, 6.07) is 9.43. The topological polar surface area (TPSA) is 51.0 Å². The van der Waals surface area contributed by atoms with Crippen molar-refractivity contribution < 1.29 is 4.52 Å². The summed E-state index contributed by atoms with van der Waals surface area (Å²) >= 11 is 0. The first-order chi connectivity index (χ1) is 9.29. The molecule has 3 atom stereocenters. The molecular weight excluding hydrogens is 238 g/mol. The smallest absolute Gasteiger partial charge is 0.231 e. The van der Waals surface area contributed by atoms with E-state index in [1.54, 1.807) is 0 Å². The number of aromatic nitrogens is 2. The standard InChI is InChI=1S/C15H17N3O/c1-9-2-4-10(5-3-9)14-17-15(19-18-14)12-8-11-6-7-13(12)16-11/h2-5,11-13,16H,6-8H2,1H3. The fraction of sp³-hybridized carbons (Fsp3) is 0.467. The average Bonchev–Trinajstić information content (AvgIpc) is 3.15. The van der Waals surface area contributed by atoms with E-state index in [0.717, 1.165) is 17.9 Å². The number of nitrogens with zero attached hydrogens (tertiary/aromatic N) is 2. The second-order valence-corrected chi connectivity index (χ2v) is 5.71. The van der Waals surface area contributed by atoms with Crippen molar-refractivity contribution in [3.05, 3.63) is 35.7 Å². The molecule has 2 fully saturated rings. The van der Waals surface area contributed by atoms with Crippen molar-refractivity contribution in [1.82, 2.24) is 15.5 Å². The van der Waals surface area contributed by atoms with Crippen LogP contribution in [0, 0.1) is 6.92 Å². The normalized spacial score (nSPS) is 29.0. The molecule has 1 aromatic carbocycles. The highest BCUT2D eigenvalue weighted by Crippen LogP contribution is 2.39. The summed E-state index contributed by atoms with van der Waals surface area (Å²) in [5.74, 6) is 1.92. The van der Waals surface area contributed by atoms with Gasteiger partial charge in [-0.2, -0.15) is 4.98 Å². The average molecular weight is 255 g/mol. The number of aryl methyl sites for hydroxylation is 1. The van der Waals surface area contributed by atoms with Crippen molar-refractivity contribution in [3.8, 4) is 11.4 Å². The SMILES string of the molecule is Cc1ccc(-c2noc(C3CC4CCC3N4)n2)cc1. The predicted molar refractivity (Wildman–Crippen MR) is 71.8 cm³/mol. The van der Waals surface area contributed by atoms with Crippen molar-refractivity contribution >= 4 is 0 Å². The molecule has 2 aliphatic heterocycles. The maximum Gasteiger partial charge on any atom is 0.231 e. The zero-order chi connectivity index (χ0) is 12.8. The van der Waals surface area contributed by atoms with E-state index in [4.69, 9.17) is 4.52 Å². The molecule has 19 heavy (non-hydrogen) atoms. The predicted octanol–water partition coefficient (Wildman–Crippen LogP) is 2.65. The molecule has 0 saturated carbocycles. The summed E-state index contributed by atoms with van der Waals surface area (Å²) in [5.41, 5.74) is 2.27. The van der Waals surface area contributed by atoms with E-state index in [9.17, 15) is 0 Å². The third-order valence-corrected chi connectivity index (χ3v) is 4.37. The van der Waals surface area contributed by atoms with Crippen molar-refractivity contribution in [2.75, 3.05) is 0 Å². The Bertz CT molecular complexity index is 590. The molecule has 2 aromatic rings. The van der Waals surface area contributed by atoms with Crippen molar-refractivity contribution in [3.63, 3.8) is 0 Å². The molecule has 0 amide bonds. The Morgan fingerprint density at radius 1 is 1.21 bits per heavy atom. The van der Waals surface area contributed by atoms with Gasteiger partial charge in [-0.25, -0.2) is 0 Å². The van der Waals surface area contributed by atoms with Crippen LogP contribution < -0.4 is 5.32 Å². The van der Waals surface area contributed by atoms with Crippen LogP contribution in [0.4, 0.5) is 0 Å². The van der Waals surface area contributed by atoms with Gasteiger partial charge in [0.05, 0.1) is 5.92 Å². The second kappa shape index (κ2) is 4.17. The monoisotopic (exact) mass is 255 g/mol. The summed E-state index contributed by atoms with van der Waals surface area (Å²) in [6.45, 7) is 2.08. The Hall–Kier alpha value is -1.68. The van der Waals surface area contributed by atoms with E-state index in [-0.39, 0.29) is 0 Å². The number of hydrogen-bond acceptors (Lipinski definition) is 4. The van der Waals surface area contributed by atoms with Gasteiger partial charge < -0.3 is 9.84 Å². The Balaban J connectivity index is 1.61. The molecule has 1 aromatic heterocycles. The minimum absolute atomic E-state index is 0.408. The van der Waals surface area contributed by atoms with Gasteiger partial charge in [-0.15, -0.1) is 0 Å². The third kappa shape index (κ3) is 1.87. The molecular formula is C15H17N3O. The van der Waals surface area contributed by atoms with Crippen LogP contribution in [0.5, 0.6) is 0 Å². The number of benzene rings is 1. The molecule has 4 nitrogen and oxygen atoms in total. The molecule has 0 radical (unpaired) electrons. The zero-order valence-corrected chi connectivity index (χ0v) is 11.0. The Morgan fingerprint density at radius 3 is 2.74 bits per heavy atom. The van der Waals surface area contributed by atoms with Crippen LogP contribution in [0.2, 0.25) is 0 Å². The zero-order valence-electron chi connectivity index (χ0n) is 11.0. The van der Waals surface area contributed by atoms with Crippen LogP contribution >= 0.6 is 0 Å². The molecule has 4 heteroatoms. The molecule has 1 N–H and O–H groups in total. The van der Waals surface area contributed by atoms with Crippen LogP contribution in [0.15, 0.2) is 28.8 Å². The van der Waals surface area contributed by atoms with Crippen LogP contribution in [-0.2, 0) is 0 Å². The van der Waals surface area contributed by atoms with E-state index >= 15 is 0 Å². The fourth-order valence-electron chi connectivity index (χ4n) is 3.30. The van der Waals surface area contributed by atoms with Gasteiger partial charge in [-0.05, 0) is 26.2 Å². The third-order valence-electron chi connectivity index (χ3n) is 4.37. The van der Waals surface area contributed by atoms with Crippen LogP contribution in [0.1, 0.15) is 36.6 Å². The molecule has 2 bridgehead atoms. The van der Waals surface area contributed by atoms with Gasteiger partial charge in [-0.1, -0.05) is 35.0 Å². The minimum atomic E-state index is 0.408. The number of nitrogens with one attached hydrogen (secondary N) is 1. The van der Waals surface area contributed by atoms with Crippen LogP contribution in [0.3, 0.4) is 0 Å². The number of rotatable bonds is 2. The summed E-state index contributed by atoms with van der Waals surface area (Å²) in [7, 11) is 0. The van der Waals surface area contributed by atoms with Gasteiger partial charge >= 0.3 is 0 Å². The largest absolute Gasteiger partial charge is 0.339 e. The summed E-state index contributed by atoms with van der Waals surface area (Å²) in [4.78, 5) is 4.59. The van der Waals surface area contributed by atoms with Crippen LogP contribution in [-0.4, -0.2) is 22.2 Å². The highest BCUT2D eigenvalue weighted by Gasteiger charge is 2.42. The summed E-state index contributed by atoms with van der Waals surface area (Å²) in [5, 5.41) is 7.74. The Morgan fingerprint density at radius 2 is 2.05 bits per heavy atom. The van der Waals surface area contributed by atoms with Crippen LogP contribution in [0.25, 0.3) is 11.4 Å². The van der Waals surface area contributed by atoms with Crippen molar-refractivity contribution in [2.45, 2.75) is 44.2 Å². The van der Waals surface area contributed by atoms with Crippen molar-refractivity contribution in [1.29, 1.82) is 0 Å². The maximum atomic E-state index is 5.48. The molecule has 2 aliphatic rings. The summed E-state index contributed by atoms with van der Waals surface area (Å²) in [6.07, 6.45) is 3.66. The highest BCUT2D eigenvalue weighted by atomic mass is 16.5. The molecule has 98 valence electrons. The van der Waals surface area contributed by atoms with Gasteiger partial charge in [0.15, 0.2) is 0 Å². The molecule has 0 spiro atoms. The van der Waals surface area contributed by atoms with Gasteiger partial charge in [0, 0.05) is 17.6 Å². The van der Waals surface area contributed by atoms with Gasteiger partial charge in [0.25, 0.3) is 0 Å². The lowest BCUT2D eigenvalue weighted by molar-refractivity contribution is 0.329. The molecule has 2 saturated heterocycles. The first-order valence-corrected chi connectivity index (χ1v) is 6.96. The minimum Gasteiger partial charge on any atom is -0.339 e. The second-order valence-electron chi connectivity index (χ2n) is 5.71. The van der Waals surface area contributed by atoms with E-state index in [1.165, 1.54) is 18.4 Å². The molecule has 4 rings (SSSR count). The molecule has 0 aliphatic carbocycles. The Kier molecular flexibility index (Phi) is 2.45. The van der Waals surface area contributed by atoms with Gasteiger partial charge in [-0.3, -0.25) is 0 Å². The fourth-order valence-corrected chi connectivity index (χ4v) is 3.30. The first-order valence-electron chi connectivity index (χ1n) is 6.96. The molecule has 3 unspecified atom stereocenters. The Labute approximate surface area is 112 Å². The number of fused-ring (bicyclic) bond motifs is 2.